The maximum Gasteiger partial charge on any atom is 0.243 e. The van der Waals surface area contributed by atoms with Crippen LogP contribution in [-0.4, -0.2) is 20.4 Å². The number of rotatable bonds is 6. The highest BCUT2D eigenvalue weighted by Crippen LogP contribution is 2.23. The van der Waals surface area contributed by atoms with Crippen LogP contribution in [0.25, 0.3) is 10.6 Å². The van der Waals surface area contributed by atoms with Crippen LogP contribution < -0.4 is 5.32 Å². The van der Waals surface area contributed by atoms with Crippen molar-refractivity contribution in [2.45, 2.75) is 39.3 Å². The zero-order chi connectivity index (χ0) is 17.8. The summed E-state index contributed by atoms with van der Waals surface area (Å²) in [6.45, 7) is 6.46. The van der Waals surface area contributed by atoms with Crippen LogP contribution in [0.4, 0.5) is 0 Å². The molecule has 1 atom stereocenters. The van der Waals surface area contributed by atoms with Crippen LogP contribution in [-0.2, 0) is 11.3 Å². The lowest BCUT2D eigenvalue weighted by atomic mass is 10.2. The minimum absolute atomic E-state index is 0.0332. The van der Waals surface area contributed by atoms with Gasteiger partial charge >= 0.3 is 0 Å². The van der Waals surface area contributed by atoms with E-state index in [9.17, 15) is 4.79 Å². The molecule has 2 aromatic heterocycles. The van der Waals surface area contributed by atoms with Crippen molar-refractivity contribution in [3.63, 3.8) is 0 Å². The van der Waals surface area contributed by atoms with Gasteiger partial charge in [0.1, 0.15) is 16.9 Å². The van der Waals surface area contributed by atoms with Crippen LogP contribution in [0.5, 0.6) is 0 Å². The number of hydrogen-bond acceptors (Lipinski definition) is 4. The van der Waals surface area contributed by atoms with Crippen molar-refractivity contribution >= 4 is 17.2 Å². The molecular formula is C19H22N4OS. The van der Waals surface area contributed by atoms with E-state index in [1.165, 1.54) is 0 Å². The van der Waals surface area contributed by atoms with Gasteiger partial charge < -0.3 is 9.88 Å². The highest BCUT2D eigenvalue weighted by Gasteiger charge is 2.19. The van der Waals surface area contributed by atoms with Gasteiger partial charge in [-0.05, 0) is 6.92 Å². The Hall–Kier alpha value is -2.47. The van der Waals surface area contributed by atoms with E-state index in [-0.39, 0.29) is 17.9 Å². The summed E-state index contributed by atoms with van der Waals surface area (Å²) < 4.78 is 1.93. The minimum atomic E-state index is -0.299. The molecule has 0 aliphatic carbocycles. The number of nitrogens with zero attached hydrogens (tertiary/aromatic N) is 3. The number of amides is 1. The molecule has 0 saturated heterocycles. The lowest BCUT2D eigenvalue weighted by Crippen LogP contribution is -2.31. The number of benzene rings is 1. The van der Waals surface area contributed by atoms with E-state index < -0.39 is 0 Å². The van der Waals surface area contributed by atoms with E-state index in [1.54, 1.807) is 17.5 Å². The quantitative estimate of drug-likeness (QED) is 0.728. The molecule has 0 aliphatic heterocycles. The average Bonchev–Trinajstić information content (AvgIpc) is 3.29. The number of carbonyl (C=O) groups is 1. The first kappa shape index (κ1) is 17.4. The molecule has 3 aromatic rings. The van der Waals surface area contributed by atoms with E-state index in [0.29, 0.717) is 6.54 Å². The molecule has 5 nitrogen and oxygen atoms in total. The minimum Gasteiger partial charge on any atom is -0.349 e. The van der Waals surface area contributed by atoms with E-state index >= 15 is 0 Å². The molecule has 6 heteroatoms. The van der Waals surface area contributed by atoms with Crippen LogP contribution in [0.2, 0.25) is 0 Å². The summed E-state index contributed by atoms with van der Waals surface area (Å²) in [7, 11) is 0. The molecule has 0 saturated carbocycles. The summed E-state index contributed by atoms with van der Waals surface area (Å²) in [5.74, 6) is 1.16. The summed E-state index contributed by atoms with van der Waals surface area (Å²) in [4.78, 5) is 21.4. The van der Waals surface area contributed by atoms with Crippen molar-refractivity contribution in [3.8, 4) is 10.6 Å². The molecule has 25 heavy (non-hydrogen) atoms. The molecule has 130 valence electrons. The predicted octanol–water partition coefficient (Wildman–Crippen LogP) is 4.01. The van der Waals surface area contributed by atoms with E-state index in [2.05, 4.69) is 29.1 Å². The molecule has 1 amide bonds. The maximum absolute atomic E-state index is 12.5. The molecule has 2 heterocycles. The highest BCUT2D eigenvalue weighted by molar-refractivity contribution is 7.13. The van der Waals surface area contributed by atoms with E-state index in [0.717, 1.165) is 22.1 Å². The fourth-order valence-electron chi connectivity index (χ4n) is 2.65. The Kier molecular flexibility index (Phi) is 5.28. The van der Waals surface area contributed by atoms with Gasteiger partial charge in [0, 0.05) is 29.3 Å². The summed E-state index contributed by atoms with van der Waals surface area (Å²) in [6, 6.07) is 9.76. The van der Waals surface area contributed by atoms with Crippen molar-refractivity contribution in [3.05, 3.63) is 59.6 Å². The lowest BCUT2D eigenvalue weighted by molar-refractivity contribution is -0.124. The second-order valence-corrected chi connectivity index (χ2v) is 7.11. The van der Waals surface area contributed by atoms with Gasteiger partial charge in [-0.1, -0.05) is 44.2 Å². The molecule has 0 aliphatic rings. The van der Waals surface area contributed by atoms with Gasteiger partial charge in [-0.15, -0.1) is 11.3 Å². The fourth-order valence-corrected chi connectivity index (χ4v) is 3.48. The lowest BCUT2D eigenvalue weighted by Gasteiger charge is -2.17. The zero-order valence-corrected chi connectivity index (χ0v) is 15.5. The van der Waals surface area contributed by atoms with Gasteiger partial charge in [0.05, 0.1) is 12.2 Å². The third-order valence-electron chi connectivity index (χ3n) is 4.03. The topological polar surface area (TPSA) is 59.8 Å². The Morgan fingerprint density at radius 1 is 1.24 bits per heavy atom. The molecule has 1 N–H and O–H groups in total. The number of aromatic nitrogens is 3. The van der Waals surface area contributed by atoms with Crippen molar-refractivity contribution in [2.75, 3.05) is 0 Å². The normalized spacial score (nSPS) is 12.3. The summed E-state index contributed by atoms with van der Waals surface area (Å²) >= 11 is 1.59. The molecule has 0 fully saturated rings. The Balaban J connectivity index is 1.63. The van der Waals surface area contributed by atoms with Crippen molar-refractivity contribution < 1.29 is 4.79 Å². The summed E-state index contributed by atoms with van der Waals surface area (Å²) in [6.07, 6.45) is 3.60. The third-order valence-corrected chi connectivity index (χ3v) is 4.97. The molecule has 0 spiro atoms. The SMILES string of the molecule is CC(C)c1nccn1[C@H](C)C(=O)NCc1csc(-c2ccccc2)n1. The molecule has 0 radical (unpaired) electrons. The largest absolute Gasteiger partial charge is 0.349 e. The van der Waals surface area contributed by atoms with Crippen LogP contribution in [0.1, 0.15) is 44.2 Å². The standard InChI is InChI=1S/C19H22N4OS/c1-13(2)17-20-9-10-23(17)14(3)18(24)21-11-16-12-25-19(22-16)15-7-5-4-6-8-15/h4-10,12-14H,11H2,1-3H3,(H,21,24)/t14-/m1/s1. The van der Waals surface area contributed by atoms with E-state index in [4.69, 9.17) is 0 Å². The average molecular weight is 354 g/mol. The third kappa shape index (κ3) is 3.96. The smallest absolute Gasteiger partial charge is 0.243 e. The molecule has 1 aromatic carbocycles. The fraction of sp³-hybridized carbons (Fsp3) is 0.316. The van der Waals surface area contributed by atoms with Crippen LogP contribution in [0.15, 0.2) is 48.1 Å². The highest BCUT2D eigenvalue weighted by atomic mass is 32.1. The van der Waals surface area contributed by atoms with Gasteiger partial charge in [-0.3, -0.25) is 4.79 Å². The second-order valence-electron chi connectivity index (χ2n) is 6.25. The van der Waals surface area contributed by atoms with Crippen LogP contribution >= 0.6 is 11.3 Å². The second kappa shape index (κ2) is 7.61. The Labute approximate surface area is 151 Å². The first-order valence-electron chi connectivity index (χ1n) is 8.36. The predicted molar refractivity (Wildman–Crippen MR) is 100 cm³/mol. The summed E-state index contributed by atoms with van der Waals surface area (Å²) in [5, 5.41) is 5.93. The van der Waals surface area contributed by atoms with Crippen molar-refractivity contribution in [1.29, 1.82) is 0 Å². The number of hydrogen-bond donors (Lipinski definition) is 1. The van der Waals surface area contributed by atoms with Gasteiger partial charge in [-0.25, -0.2) is 9.97 Å². The van der Waals surface area contributed by atoms with E-state index in [1.807, 2.05) is 53.4 Å². The van der Waals surface area contributed by atoms with Gasteiger partial charge in [0.15, 0.2) is 0 Å². The monoisotopic (exact) mass is 354 g/mol. The van der Waals surface area contributed by atoms with Gasteiger partial charge in [-0.2, -0.15) is 0 Å². The van der Waals surface area contributed by atoms with Crippen molar-refractivity contribution in [1.82, 2.24) is 19.9 Å². The molecule has 0 bridgehead atoms. The first-order valence-corrected chi connectivity index (χ1v) is 9.24. The number of nitrogens with one attached hydrogen (secondary N) is 1. The first-order chi connectivity index (χ1) is 12.1. The number of imidazole rings is 1. The molecule has 0 unspecified atom stereocenters. The Morgan fingerprint density at radius 2 is 2.00 bits per heavy atom. The van der Waals surface area contributed by atoms with Crippen LogP contribution in [0.3, 0.4) is 0 Å². The molecule has 3 rings (SSSR count). The number of thiazole rings is 1. The Bertz CT molecular complexity index is 838. The van der Waals surface area contributed by atoms with Gasteiger partial charge in [0.2, 0.25) is 5.91 Å². The van der Waals surface area contributed by atoms with Gasteiger partial charge in [0.25, 0.3) is 0 Å². The summed E-state index contributed by atoms with van der Waals surface area (Å²) in [5.41, 5.74) is 1.97. The molecular weight excluding hydrogens is 332 g/mol. The zero-order valence-electron chi connectivity index (χ0n) is 14.6. The maximum atomic E-state index is 12.5. The Morgan fingerprint density at radius 3 is 2.72 bits per heavy atom. The van der Waals surface area contributed by atoms with Crippen LogP contribution in [0, 0.1) is 0 Å². The van der Waals surface area contributed by atoms with Crippen molar-refractivity contribution in [2.24, 2.45) is 0 Å². The number of carbonyl (C=O) groups excluding carboxylic acids is 1.